The van der Waals surface area contributed by atoms with Crippen LogP contribution in [0.15, 0.2) is 41.6 Å². The topological polar surface area (TPSA) is 94.1 Å². The zero-order chi connectivity index (χ0) is 25.3. The third-order valence-corrected chi connectivity index (χ3v) is 6.60. The smallest absolute Gasteiger partial charge is 0.225 e. The molecule has 7 nitrogen and oxygen atoms in total. The highest BCUT2D eigenvalue weighted by Gasteiger charge is 2.39. The van der Waals surface area contributed by atoms with Gasteiger partial charge < -0.3 is 24.6 Å². The third-order valence-electron chi connectivity index (χ3n) is 6.31. The molecule has 2 atom stereocenters. The number of phenolic OH excluding ortho intramolecular Hbond substituents is 1. The summed E-state index contributed by atoms with van der Waals surface area (Å²) in [4.78, 5) is 26.1. The van der Waals surface area contributed by atoms with E-state index in [0.29, 0.717) is 47.8 Å². The van der Waals surface area contributed by atoms with Crippen molar-refractivity contribution in [3.05, 3.63) is 57.8 Å². The summed E-state index contributed by atoms with van der Waals surface area (Å²) in [5.74, 6) is 0.587. The zero-order valence-electron chi connectivity index (χ0n) is 20.3. The molecule has 0 spiro atoms. The maximum Gasteiger partial charge on any atom is 0.225 e. The Labute approximate surface area is 210 Å². The highest BCUT2D eigenvalue weighted by Crippen LogP contribution is 2.46. The summed E-state index contributed by atoms with van der Waals surface area (Å²) in [6.07, 6.45) is 0.950. The Hall–Kier alpha value is -3.19. The predicted octanol–water partition coefficient (Wildman–Crippen LogP) is 5.24. The number of hydrogen-bond donors (Lipinski definition) is 2. The quantitative estimate of drug-likeness (QED) is 0.540. The zero-order valence-corrected chi connectivity index (χ0v) is 21.1. The van der Waals surface area contributed by atoms with Crippen molar-refractivity contribution >= 4 is 23.3 Å². The van der Waals surface area contributed by atoms with E-state index in [-0.39, 0.29) is 46.7 Å². The van der Waals surface area contributed by atoms with Crippen molar-refractivity contribution in [2.24, 2.45) is 0 Å². The number of halogens is 1. The number of ether oxygens (including phenoxy) is 3. The van der Waals surface area contributed by atoms with Crippen LogP contribution in [-0.2, 0) is 9.59 Å². The normalized spacial score (nSPS) is 19.9. The van der Waals surface area contributed by atoms with Crippen LogP contribution in [0.5, 0.6) is 23.0 Å². The van der Waals surface area contributed by atoms with Crippen molar-refractivity contribution < 1.29 is 28.9 Å². The molecule has 2 aliphatic rings. The van der Waals surface area contributed by atoms with Crippen LogP contribution < -0.4 is 19.5 Å². The van der Waals surface area contributed by atoms with Crippen LogP contribution in [0, 0.1) is 0 Å². The molecule has 0 saturated heterocycles. The molecule has 2 aromatic rings. The summed E-state index contributed by atoms with van der Waals surface area (Å²) >= 11 is 6.24. The molecule has 2 N–H and O–H groups in total. The van der Waals surface area contributed by atoms with Gasteiger partial charge in [0.2, 0.25) is 5.91 Å². The standard InChI is InChI=1S/C27H30ClNO6/c1-5-34-24-12-17(8-19(28)27(24)32)18-13-25(31)29-20-9-16(10-21(30)26(18)20)15-6-7-22(35-14(2)3)23(11-15)33-4/h6-8,11-12,14,16,18,32H,5,9-10,13H2,1-4H3,(H,29,31). The molecule has 0 radical (unpaired) electrons. The van der Waals surface area contributed by atoms with Gasteiger partial charge in [0.15, 0.2) is 28.8 Å². The van der Waals surface area contributed by atoms with E-state index in [1.807, 2.05) is 32.0 Å². The second-order valence-corrected chi connectivity index (χ2v) is 9.49. The van der Waals surface area contributed by atoms with Gasteiger partial charge in [-0.3, -0.25) is 9.59 Å². The lowest BCUT2D eigenvalue weighted by molar-refractivity contribution is -0.122. The minimum Gasteiger partial charge on any atom is -0.503 e. The molecule has 0 aromatic heterocycles. The molecule has 8 heteroatoms. The first-order chi connectivity index (χ1) is 16.7. The van der Waals surface area contributed by atoms with Gasteiger partial charge >= 0.3 is 0 Å². The molecular weight excluding hydrogens is 470 g/mol. The summed E-state index contributed by atoms with van der Waals surface area (Å²) in [7, 11) is 1.59. The molecule has 0 bridgehead atoms. The highest BCUT2D eigenvalue weighted by atomic mass is 35.5. The van der Waals surface area contributed by atoms with Gasteiger partial charge in [-0.1, -0.05) is 17.7 Å². The maximum absolute atomic E-state index is 13.5. The van der Waals surface area contributed by atoms with E-state index in [1.54, 1.807) is 26.2 Å². The maximum atomic E-state index is 13.5. The number of hydrogen-bond acceptors (Lipinski definition) is 6. The Kier molecular flexibility index (Phi) is 7.26. The number of carbonyl (C=O) groups is 2. The Morgan fingerprint density at radius 3 is 2.49 bits per heavy atom. The summed E-state index contributed by atoms with van der Waals surface area (Å²) in [5.41, 5.74) is 2.84. The summed E-state index contributed by atoms with van der Waals surface area (Å²) in [5, 5.41) is 13.3. The van der Waals surface area contributed by atoms with Gasteiger partial charge in [0.25, 0.3) is 0 Å². The SMILES string of the molecule is CCOc1cc(C2CC(=O)NC3=C2C(=O)CC(c2ccc(OC(C)C)c(OC)c2)C3)cc(Cl)c1O. The van der Waals surface area contributed by atoms with Gasteiger partial charge in [0, 0.05) is 30.0 Å². The van der Waals surface area contributed by atoms with Crippen molar-refractivity contribution in [3.8, 4) is 23.0 Å². The molecular formula is C27H30ClNO6. The Morgan fingerprint density at radius 1 is 1.06 bits per heavy atom. The second-order valence-electron chi connectivity index (χ2n) is 9.08. The van der Waals surface area contributed by atoms with Crippen molar-refractivity contribution in [1.82, 2.24) is 5.32 Å². The van der Waals surface area contributed by atoms with Crippen molar-refractivity contribution in [2.45, 2.75) is 58.0 Å². The van der Waals surface area contributed by atoms with Crippen LogP contribution in [0.1, 0.15) is 63.0 Å². The molecule has 186 valence electrons. The predicted molar refractivity (Wildman–Crippen MR) is 133 cm³/mol. The number of benzene rings is 2. The average Bonchev–Trinajstić information content (AvgIpc) is 2.81. The van der Waals surface area contributed by atoms with Crippen LogP contribution in [0.3, 0.4) is 0 Å². The Balaban J connectivity index is 1.69. The fourth-order valence-corrected chi connectivity index (χ4v) is 5.05. The minimum atomic E-state index is -0.458. The van der Waals surface area contributed by atoms with Crippen LogP contribution in [0.2, 0.25) is 5.02 Å². The van der Waals surface area contributed by atoms with Gasteiger partial charge in [0.05, 0.1) is 24.8 Å². The first-order valence-electron chi connectivity index (χ1n) is 11.8. The van der Waals surface area contributed by atoms with E-state index >= 15 is 0 Å². The van der Waals surface area contributed by atoms with E-state index in [2.05, 4.69) is 5.32 Å². The molecule has 2 unspecified atom stereocenters. The third kappa shape index (κ3) is 5.10. The number of rotatable bonds is 7. The van der Waals surface area contributed by atoms with Gasteiger partial charge in [-0.05, 0) is 68.5 Å². The van der Waals surface area contributed by atoms with Crippen LogP contribution in [0.25, 0.3) is 0 Å². The van der Waals surface area contributed by atoms with E-state index in [1.165, 1.54) is 0 Å². The van der Waals surface area contributed by atoms with Crippen LogP contribution >= 0.6 is 11.6 Å². The van der Waals surface area contributed by atoms with E-state index in [9.17, 15) is 14.7 Å². The fourth-order valence-electron chi connectivity index (χ4n) is 4.83. The number of aromatic hydroxyl groups is 1. The first-order valence-corrected chi connectivity index (χ1v) is 12.1. The van der Waals surface area contributed by atoms with Crippen molar-refractivity contribution in [1.29, 1.82) is 0 Å². The van der Waals surface area contributed by atoms with Gasteiger partial charge in [-0.15, -0.1) is 0 Å². The summed E-state index contributed by atoms with van der Waals surface area (Å²) in [6, 6.07) is 8.97. The van der Waals surface area contributed by atoms with Gasteiger partial charge in [0.1, 0.15) is 0 Å². The molecule has 1 aliphatic heterocycles. The molecule has 2 aromatic carbocycles. The molecule has 1 heterocycles. The highest BCUT2D eigenvalue weighted by molar-refractivity contribution is 6.32. The molecule has 1 amide bonds. The van der Waals surface area contributed by atoms with E-state index in [0.717, 1.165) is 5.56 Å². The van der Waals surface area contributed by atoms with Crippen LogP contribution in [0.4, 0.5) is 0 Å². The van der Waals surface area contributed by atoms with E-state index in [4.69, 9.17) is 25.8 Å². The lowest BCUT2D eigenvalue weighted by atomic mass is 9.73. The summed E-state index contributed by atoms with van der Waals surface area (Å²) < 4.78 is 16.8. The lowest BCUT2D eigenvalue weighted by Gasteiger charge is -2.34. The number of carbonyl (C=O) groups excluding carboxylic acids is 2. The number of nitrogens with one attached hydrogen (secondary N) is 1. The molecule has 0 fully saturated rings. The Bertz CT molecular complexity index is 1190. The van der Waals surface area contributed by atoms with Crippen LogP contribution in [-0.4, -0.2) is 36.6 Å². The monoisotopic (exact) mass is 499 g/mol. The van der Waals surface area contributed by atoms with Gasteiger partial charge in [-0.2, -0.15) is 0 Å². The molecule has 35 heavy (non-hydrogen) atoms. The number of methoxy groups -OCH3 is 1. The number of phenols is 1. The molecule has 0 saturated carbocycles. The molecule has 4 rings (SSSR count). The molecule has 1 aliphatic carbocycles. The van der Waals surface area contributed by atoms with Crippen molar-refractivity contribution in [3.63, 3.8) is 0 Å². The number of Topliss-reactive ketones (excluding diaryl/α,β-unsaturated/α-hetero) is 1. The number of allylic oxidation sites excluding steroid dienone is 2. The van der Waals surface area contributed by atoms with E-state index < -0.39 is 5.92 Å². The average molecular weight is 500 g/mol. The number of amides is 1. The fraction of sp³-hybridized carbons (Fsp3) is 0.407. The largest absolute Gasteiger partial charge is 0.503 e. The number of ketones is 1. The lowest BCUT2D eigenvalue weighted by Crippen LogP contribution is -2.38. The second kappa shape index (κ2) is 10.2. The van der Waals surface area contributed by atoms with Crippen molar-refractivity contribution in [2.75, 3.05) is 13.7 Å². The minimum absolute atomic E-state index is 0.00440. The Morgan fingerprint density at radius 2 is 1.80 bits per heavy atom. The first kappa shape index (κ1) is 24.9. The summed E-state index contributed by atoms with van der Waals surface area (Å²) in [6.45, 7) is 6.04. The van der Waals surface area contributed by atoms with Gasteiger partial charge in [-0.25, -0.2) is 0 Å².